The summed E-state index contributed by atoms with van der Waals surface area (Å²) in [5.74, 6) is -0.931. The molecule has 0 saturated carbocycles. The molecule has 2 aromatic rings. The van der Waals surface area contributed by atoms with Crippen molar-refractivity contribution in [1.82, 2.24) is 0 Å². The van der Waals surface area contributed by atoms with Crippen LogP contribution < -0.4 is 4.74 Å². The number of nitrogens with zero attached hydrogens (tertiary/aromatic N) is 1. The third kappa shape index (κ3) is 3.09. The first kappa shape index (κ1) is 13.1. The first-order valence-electron chi connectivity index (χ1n) is 5.27. The molecule has 0 unspecified atom stereocenters. The molecule has 19 heavy (non-hydrogen) atoms. The molecule has 0 bridgehead atoms. The molecular formula is C14H7ClFNO2. The third-order valence-corrected chi connectivity index (χ3v) is 2.66. The van der Waals surface area contributed by atoms with E-state index in [2.05, 4.69) is 0 Å². The van der Waals surface area contributed by atoms with Crippen LogP contribution in [0.25, 0.3) is 0 Å². The number of benzene rings is 2. The van der Waals surface area contributed by atoms with Crippen LogP contribution in [0.3, 0.4) is 0 Å². The lowest BCUT2D eigenvalue weighted by Crippen LogP contribution is -2.09. The van der Waals surface area contributed by atoms with Gasteiger partial charge in [-0.3, -0.25) is 0 Å². The van der Waals surface area contributed by atoms with E-state index in [1.807, 2.05) is 6.07 Å². The average molecular weight is 276 g/mol. The molecular weight excluding hydrogens is 269 g/mol. The average Bonchev–Trinajstić information content (AvgIpc) is 2.39. The van der Waals surface area contributed by atoms with Gasteiger partial charge in [0.05, 0.1) is 22.2 Å². The van der Waals surface area contributed by atoms with E-state index < -0.39 is 11.8 Å². The molecule has 0 spiro atoms. The molecule has 2 rings (SSSR count). The van der Waals surface area contributed by atoms with Gasteiger partial charge < -0.3 is 4.74 Å². The molecule has 94 valence electrons. The Bertz CT molecular complexity index is 662. The van der Waals surface area contributed by atoms with E-state index in [0.29, 0.717) is 5.56 Å². The Kier molecular flexibility index (Phi) is 3.79. The van der Waals surface area contributed by atoms with Gasteiger partial charge in [-0.25, -0.2) is 9.18 Å². The van der Waals surface area contributed by atoms with Crippen LogP contribution in [0.4, 0.5) is 4.39 Å². The molecule has 0 N–H and O–H groups in total. The van der Waals surface area contributed by atoms with Crippen LogP contribution >= 0.6 is 11.6 Å². The topological polar surface area (TPSA) is 50.1 Å². The van der Waals surface area contributed by atoms with Crippen molar-refractivity contribution in [2.24, 2.45) is 0 Å². The van der Waals surface area contributed by atoms with Crippen molar-refractivity contribution in [3.63, 3.8) is 0 Å². The fraction of sp³-hybridized carbons (Fsp3) is 0. The maximum absolute atomic E-state index is 12.9. The molecule has 3 nitrogen and oxygen atoms in total. The lowest BCUT2D eigenvalue weighted by atomic mass is 10.2. The van der Waals surface area contributed by atoms with E-state index in [0.717, 1.165) is 12.1 Å². The number of carbonyl (C=O) groups is 1. The summed E-state index contributed by atoms with van der Waals surface area (Å²) in [6.45, 7) is 0. The summed E-state index contributed by atoms with van der Waals surface area (Å²) in [7, 11) is 0. The standard InChI is InChI=1S/C14H7ClFNO2/c15-13-7-10(16)3-6-12(13)14(18)19-11-4-1-9(8-17)2-5-11/h1-7H. The highest BCUT2D eigenvalue weighted by Crippen LogP contribution is 2.20. The second kappa shape index (κ2) is 5.51. The van der Waals surface area contributed by atoms with Gasteiger partial charge in [0.25, 0.3) is 0 Å². The fourth-order valence-electron chi connectivity index (χ4n) is 1.41. The van der Waals surface area contributed by atoms with Gasteiger partial charge in [-0.05, 0) is 42.5 Å². The summed E-state index contributed by atoms with van der Waals surface area (Å²) in [4.78, 5) is 11.8. The van der Waals surface area contributed by atoms with E-state index in [4.69, 9.17) is 21.6 Å². The van der Waals surface area contributed by atoms with E-state index in [1.54, 1.807) is 0 Å². The van der Waals surface area contributed by atoms with E-state index >= 15 is 0 Å². The number of esters is 1. The molecule has 0 aromatic heterocycles. The van der Waals surface area contributed by atoms with Crippen LogP contribution in [-0.4, -0.2) is 5.97 Å². The molecule has 5 heteroatoms. The van der Waals surface area contributed by atoms with E-state index in [-0.39, 0.29) is 16.3 Å². The highest BCUT2D eigenvalue weighted by molar-refractivity contribution is 6.33. The molecule has 0 atom stereocenters. The number of hydrogen-bond donors (Lipinski definition) is 0. The maximum Gasteiger partial charge on any atom is 0.345 e. The quantitative estimate of drug-likeness (QED) is 0.622. The Hall–Kier alpha value is -2.38. The van der Waals surface area contributed by atoms with Crippen LogP contribution in [0.2, 0.25) is 5.02 Å². The summed E-state index contributed by atoms with van der Waals surface area (Å²) in [5.41, 5.74) is 0.534. The van der Waals surface area contributed by atoms with Crippen LogP contribution in [0.5, 0.6) is 5.75 Å². The third-order valence-electron chi connectivity index (χ3n) is 2.35. The second-order valence-corrected chi connectivity index (χ2v) is 4.06. The number of carbonyl (C=O) groups excluding carboxylic acids is 1. The van der Waals surface area contributed by atoms with Crippen molar-refractivity contribution >= 4 is 17.6 Å². The number of ether oxygens (including phenoxy) is 1. The van der Waals surface area contributed by atoms with Crippen LogP contribution in [0.1, 0.15) is 15.9 Å². The second-order valence-electron chi connectivity index (χ2n) is 3.65. The number of halogens is 2. The highest BCUT2D eigenvalue weighted by atomic mass is 35.5. The predicted molar refractivity (Wildman–Crippen MR) is 67.5 cm³/mol. The molecule has 0 aliphatic carbocycles. The molecule has 0 amide bonds. The normalized spacial score (nSPS) is 9.74. The molecule has 0 aliphatic heterocycles. The Morgan fingerprint density at radius 1 is 1.21 bits per heavy atom. The SMILES string of the molecule is N#Cc1ccc(OC(=O)c2ccc(F)cc2Cl)cc1. The summed E-state index contributed by atoms with van der Waals surface area (Å²) in [6.07, 6.45) is 0. The van der Waals surface area contributed by atoms with Gasteiger partial charge in [0.15, 0.2) is 0 Å². The van der Waals surface area contributed by atoms with Gasteiger partial charge in [-0.1, -0.05) is 11.6 Å². The van der Waals surface area contributed by atoms with Crippen molar-refractivity contribution in [1.29, 1.82) is 5.26 Å². The Morgan fingerprint density at radius 3 is 2.47 bits per heavy atom. The smallest absolute Gasteiger partial charge is 0.345 e. The van der Waals surface area contributed by atoms with Gasteiger partial charge in [0, 0.05) is 0 Å². The zero-order chi connectivity index (χ0) is 13.8. The maximum atomic E-state index is 12.9. The van der Waals surface area contributed by atoms with Gasteiger partial charge in [0.1, 0.15) is 11.6 Å². The highest BCUT2D eigenvalue weighted by Gasteiger charge is 2.13. The lowest BCUT2D eigenvalue weighted by molar-refractivity contribution is 0.0735. The molecule has 2 aromatic carbocycles. The minimum Gasteiger partial charge on any atom is -0.423 e. The van der Waals surface area contributed by atoms with Crippen molar-refractivity contribution in [2.75, 3.05) is 0 Å². The molecule has 0 radical (unpaired) electrons. The predicted octanol–water partition coefficient (Wildman–Crippen LogP) is 3.57. The Balaban J connectivity index is 2.18. The monoisotopic (exact) mass is 275 g/mol. The largest absolute Gasteiger partial charge is 0.423 e. The first-order valence-corrected chi connectivity index (χ1v) is 5.65. The van der Waals surface area contributed by atoms with Crippen LogP contribution in [0, 0.1) is 17.1 Å². The van der Waals surface area contributed by atoms with E-state index in [1.165, 1.54) is 30.3 Å². The van der Waals surface area contributed by atoms with Gasteiger partial charge in [-0.15, -0.1) is 0 Å². The molecule has 0 fully saturated rings. The van der Waals surface area contributed by atoms with E-state index in [9.17, 15) is 9.18 Å². The summed E-state index contributed by atoms with van der Waals surface area (Å²) in [6, 6.07) is 11.4. The summed E-state index contributed by atoms with van der Waals surface area (Å²) in [5, 5.41) is 8.62. The first-order chi connectivity index (χ1) is 9.10. The van der Waals surface area contributed by atoms with Crippen molar-refractivity contribution in [2.45, 2.75) is 0 Å². The van der Waals surface area contributed by atoms with Crippen molar-refractivity contribution < 1.29 is 13.9 Å². The zero-order valence-corrected chi connectivity index (χ0v) is 10.3. The Morgan fingerprint density at radius 2 is 1.89 bits per heavy atom. The Labute approximate surface area is 113 Å². The van der Waals surface area contributed by atoms with Crippen LogP contribution in [0.15, 0.2) is 42.5 Å². The van der Waals surface area contributed by atoms with Gasteiger partial charge in [-0.2, -0.15) is 5.26 Å². The lowest BCUT2D eigenvalue weighted by Gasteiger charge is -2.05. The number of hydrogen-bond acceptors (Lipinski definition) is 3. The molecule has 0 heterocycles. The number of rotatable bonds is 2. The van der Waals surface area contributed by atoms with Crippen molar-refractivity contribution in [3.8, 4) is 11.8 Å². The minimum absolute atomic E-state index is 0.0151. The minimum atomic E-state index is -0.685. The number of nitriles is 1. The fourth-order valence-corrected chi connectivity index (χ4v) is 1.66. The van der Waals surface area contributed by atoms with Crippen molar-refractivity contribution in [3.05, 3.63) is 64.4 Å². The summed E-state index contributed by atoms with van der Waals surface area (Å²) < 4.78 is 17.9. The summed E-state index contributed by atoms with van der Waals surface area (Å²) >= 11 is 5.75. The van der Waals surface area contributed by atoms with Gasteiger partial charge in [0.2, 0.25) is 0 Å². The molecule has 0 aliphatic rings. The van der Waals surface area contributed by atoms with Gasteiger partial charge >= 0.3 is 5.97 Å². The van der Waals surface area contributed by atoms with Crippen LogP contribution in [-0.2, 0) is 0 Å². The molecule has 0 saturated heterocycles. The zero-order valence-electron chi connectivity index (χ0n) is 9.56.